The van der Waals surface area contributed by atoms with E-state index in [0.29, 0.717) is 5.92 Å². The van der Waals surface area contributed by atoms with E-state index in [1.165, 1.54) is 18.4 Å². The van der Waals surface area contributed by atoms with E-state index in [9.17, 15) is 0 Å². The molecule has 1 aliphatic rings. The van der Waals surface area contributed by atoms with Crippen LogP contribution in [-0.2, 0) is 0 Å². The number of methoxy groups -OCH3 is 1. The molecule has 1 aromatic rings. The smallest absolute Gasteiger partial charge is 0.171 e. The minimum Gasteiger partial charge on any atom is -0.493 e. The Morgan fingerprint density at radius 3 is 2.56 bits per heavy atom. The first-order valence-electron chi connectivity index (χ1n) is 6.02. The molecule has 0 aliphatic carbocycles. The number of anilines is 1. The minimum atomic E-state index is 0.472. The van der Waals surface area contributed by atoms with Crippen molar-refractivity contribution in [3.05, 3.63) is 17.8 Å². The van der Waals surface area contributed by atoms with Gasteiger partial charge in [0.05, 0.1) is 7.11 Å². The van der Waals surface area contributed by atoms with Gasteiger partial charge in [-0.15, -0.1) is 0 Å². The van der Waals surface area contributed by atoms with Crippen molar-refractivity contribution >= 4 is 5.82 Å². The summed E-state index contributed by atoms with van der Waals surface area (Å²) in [7, 11) is 1.74. The standard InChI is InChI=1S/C13H20N2O/c1-10(2)11-6-7-14-13(12(11)16-3)15-8-4-5-9-15/h6-7,10H,4-5,8-9H2,1-3H3. The highest BCUT2D eigenvalue weighted by molar-refractivity contribution is 5.57. The van der Waals surface area contributed by atoms with Crippen LogP contribution in [0.25, 0.3) is 0 Å². The number of rotatable bonds is 3. The van der Waals surface area contributed by atoms with Crippen LogP contribution < -0.4 is 9.64 Å². The van der Waals surface area contributed by atoms with Crippen LogP contribution in [0.15, 0.2) is 12.3 Å². The number of ether oxygens (including phenoxy) is 1. The predicted octanol–water partition coefficient (Wildman–Crippen LogP) is 2.81. The van der Waals surface area contributed by atoms with Crippen molar-refractivity contribution < 1.29 is 4.74 Å². The van der Waals surface area contributed by atoms with Crippen molar-refractivity contribution in [2.75, 3.05) is 25.1 Å². The Morgan fingerprint density at radius 2 is 2.00 bits per heavy atom. The van der Waals surface area contributed by atoms with Gasteiger partial charge in [0.25, 0.3) is 0 Å². The molecule has 1 aliphatic heterocycles. The molecule has 1 aromatic heterocycles. The van der Waals surface area contributed by atoms with Gasteiger partial charge in [0, 0.05) is 24.8 Å². The normalized spacial score (nSPS) is 15.9. The zero-order valence-corrected chi connectivity index (χ0v) is 10.4. The van der Waals surface area contributed by atoms with E-state index in [-0.39, 0.29) is 0 Å². The second kappa shape index (κ2) is 4.73. The van der Waals surface area contributed by atoms with Crippen LogP contribution in [0.3, 0.4) is 0 Å². The predicted molar refractivity (Wildman–Crippen MR) is 66.3 cm³/mol. The number of nitrogens with zero attached hydrogens (tertiary/aromatic N) is 2. The lowest BCUT2D eigenvalue weighted by molar-refractivity contribution is 0.405. The van der Waals surface area contributed by atoms with Crippen LogP contribution in [0, 0.1) is 0 Å². The van der Waals surface area contributed by atoms with Crippen molar-refractivity contribution in [2.24, 2.45) is 0 Å². The van der Waals surface area contributed by atoms with Crippen molar-refractivity contribution in [1.82, 2.24) is 4.98 Å². The Morgan fingerprint density at radius 1 is 1.31 bits per heavy atom. The van der Waals surface area contributed by atoms with Crippen LogP contribution >= 0.6 is 0 Å². The summed E-state index contributed by atoms with van der Waals surface area (Å²) in [5, 5.41) is 0. The molecular formula is C13H20N2O. The monoisotopic (exact) mass is 220 g/mol. The SMILES string of the molecule is COc1c(C(C)C)ccnc1N1CCCC1. The van der Waals surface area contributed by atoms with Gasteiger partial charge in [-0.25, -0.2) is 4.98 Å². The maximum Gasteiger partial charge on any atom is 0.171 e. The van der Waals surface area contributed by atoms with Crippen LogP contribution in [0.4, 0.5) is 5.82 Å². The molecule has 0 bridgehead atoms. The van der Waals surface area contributed by atoms with Gasteiger partial charge in [0.15, 0.2) is 11.6 Å². The summed E-state index contributed by atoms with van der Waals surface area (Å²) >= 11 is 0. The Kier molecular flexibility index (Phi) is 3.32. The zero-order chi connectivity index (χ0) is 11.5. The minimum absolute atomic E-state index is 0.472. The summed E-state index contributed by atoms with van der Waals surface area (Å²) in [6.07, 6.45) is 4.42. The topological polar surface area (TPSA) is 25.4 Å². The highest BCUT2D eigenvalue weighted by atomic mass is 16.5. The van der Waals surface area contributed by atoms with Crippen LogP contribution in [0.2, 0.25) is 0 Å². The fourth-order valence-corrected chi connectivity index (χ4v) is 2.27. The molecule has 16 heavy (non-hydrogen) atoms. The van der Waals surface area contributed by atoms with E-state index in [1.807, 2.05) is 6.20 Å². The first-order valence-corrected chi connectivity index (χ1v) is 6.02. The van der Waals surface area contributed by atoms with Gasteiger partial charge >= 0.3 is 0 Å². The number of pyridine rings is 1. The lowest BCUT2D eigenvalue weighted by atomic mass is 10.0. The van der Waals surface area contributed by atoms with Gasteiger partial charge in [0.1, 0.15) is 0 Å². The molecule has 0 aromatic carbocycles. The van der Waals surface area contributed by atoms with Crippen LogP contribution in [-0.4, -0.2) is 25.2 Å². The van der Waals surface area contributed by atoms with Crippen molar-refractivity contribution in [1.29, 1.82) is 0 Å². The number of aromatic nitrogens is 1. The molecule has 0 atom stereocenters. The largest absolute Gasteiger partial charge is 0.493 e. The summed E-state index contributed by atoms with van der Waals surface area (Å²) in [5.74, 6) is 2.45. The molecule has 2 heterocycles. The second-order valence-corrected chi connectivity index (χ2v) is 4.61. The maximum atomic E-state index is 5.55. The Labute approximate surface area is 97.4 Å². The van der Waals surface area contributed by atoms with Gasteiger partial charge in [-0.3, -0.25) is 0 Å². The highest BCUT2D eigenvalue weighted by Gasteiger charge is 2.20. The van der Waals surface area contributed by atoms with Crippen molar-refractivity contribution in [2.45, 2.75) is 32.6 Å². The molecule has 1 fully saturated rings. The molecule has 3 heteroatoms. The van der Waals surface area contributed by atoms with Gasteiger partial charge in [0.2, 0.25) is 0 Å². The van der Waals surface area contributed by atoms with Gasteiger partial charge in [-0.1, -0.05) is 13.8 Å². The molecule has 0 spiro atoms. The first kappa shape index (κ1) is 11.2. The molecular weight excluding hydrogens is 200 g/mol. The summed E-state index contributed by atoms with van der Waals surface area (Å²) < 4.78 is 5.55. The third kappa shape index (κ3) is 1.99. The number of hydrogen-bond donors (Lipinski definition) is 0. The van der Waals surface area contributed by atoms with Crippen molar-refractivity contribution in [3.63, 3.8) is 0 Å². The fraction of sp³-hybridized carbons (Fsp3) is 0.615. The van der Waals surface area contributed by atoms with E-state index in [1.54, 1.807) is 7.11 Å². The molecule has 1 saturated heterocycles. The lowest BCUT2D eigenvalue weighted by Crippen LogP contribution is -2.20. The Balaban J connectivity index is 2.39. The van der Waals surface area contributed by atoms with Crippen LogP contribution in [0.1, 0.15) is 38.2 Å². The summed E-state index contributed by atoms with van der Waals surface area (Å²) in [5.41, 5.74) is 1.25. The Hall–Kier alpha value is -1.25. The second-order valence-electron chi connectivity index (χ2n) is 4.61. The summed E-state index contributed by atoms with van der Waals surface area (Å²) in [4.78, 5) is 6.80. The average Bonchev–Trinajstić information content (AvgIpc) is 2.81. The van der Waals surface area contributed by atoms with E-state index in [4.69, 9.17) is 4.74 Å². The summed E-state index contributed by atoms with van der Waals surface area (Å²) in [6, 6.07) is 2.06. The van der Waals surface area contributed by atoms with Gasteiger partial charge in [-0.05, 0) is 24.8 Å². The van der Waals surface area contributed by atoms with E-state index < -0.39 is 0 Å². The molecule has 0 saturated carbocycles. The molecule has 0 N–H and O–H groups in total. The third-order valence-electron chi connectivity index (χ3n) is 3.15. The average molecular weight is 220 g/mol. The maximum absolute atomic E-state index is 5.55. The molecule has 3 nitrogen and oxygen atoms in total. The zero-order valence-electron chi connectivity index (χ0n) is 10.4. The first-order chi connectivity index (χ1) is 7.74. The van der Waals surface area contributed by atoms with Crippen LogP contribution in [0.5, 0.6) is 5.75 Å². The molecule has 88 valence electrons. The summed E-state index contributed by atoms with van der Waals surface area (Å²) in [6.45, 7) is 6.58. The highest BCUT2D eigenvalue weighted by Crippen LogP contribution is 2.35. The van der Waals surface area contributed by atoms with Crippen molar-refractivity contribution in [3.8, 4) is 5.75 Å². The number of hydrogen-bond acceptors (Lipinski definition) is 3. The third-order valence-corrected chi connectivity index (χ3v) is 3.15. The quantitative estimate of drug-likeness (QED) is 0.783. The molecule has 2 rings (SSSR count). The fourth-order valence-electron chi connectivity index (χ4n) is 2.27. The molecule has 0 amide bonds. The van der Waals surface area contributed by atoms with Gasteiger partial charge in [-0.2, -0.15) is 0 Å². The lowest BCUT2D eigenvalue weighted by Gasteiger charge is -2.22. The van der Waals surface area contributed by atoms with E-state index in [0.717, 1.165) is 24.7 Å². The van der Waals surface area contributed by atoms with E-state index >= 15 is 0 Å². The van der Waals surface area contributed by atoms with E-state index in [2.05, 4.69) is 29.8 Å². The molecule has 0 radical (unpaired) electrons. The Bertz CT molecular complexity index is 357. The van der Waals surface area contributed by atoms with Gasteiger partial charge < -0.3 is 9.64 Å². The molecule has 0 unspecified atom stereocenters.